The lowest BCUT2D eigenvalue weighted by molar-refractivity contribution is 0.358. The number of H-pyrrole nitrogens is 1. The molecule has 6 nitrogen and oxygen atoms in total. The van der Waals surface area contributed by atoms with E-state index in [4.69, 9.17) is 0 Å². The van der Waals surface area contributed by atoms with Crippen LogP contribution in [0.1, 0.15) is 19.5 Å². The van der Waals surface area contributed by atoms with Gasteiger partial charge in [-0.15, -0.1) is 0 Å². The Morgan fingerprint density at radius 1 is 1.37 bits per heavy atom. The molecule has 110 valence electrons. The lowest BCUT2D eigenvalue weighted by Gasteiger charge is -2.13. The molecule has 0 bridgehead atoms. The molecular formula is C12H24N4O2S. The number of sulfonamides is 1. The molecule has 0 saturated carbocycles. The van der Waals surface area contributed by atoms with Gasteiger partial charge in [0.2, 0.25) is 10.0 Å². The topological polar surface area (TPSA) is 77.2 Å². The average molecular weight is 288 g/mol. The second-order valence-corrected chi connectivity index (χ2v) is 6.20. The van der Waals surface area contributed by atoms with Gasteiger partial charge in [0.15, 0.2) is 0 Å². The maximum Gasteiger partial charge on any atom is 0.242 e. The molecule has 0 atom stereocenters. The zero-order valence-electron chi connectivity index (χ0n) is 11.9. The molecule has 0 aliphatic rings. The fourth-order valence-corrected chi connectivity index (χ4v) is 2.59. The fourth-order valence-electron chi connectivity index (χ4n) is 1.55. The summed E-state index contributed by atoms with van der Waals surface area (Å²) in [6.07, 6.45) is 1.53. The van der Waals surface area contributed by atoms with Gasteiger partial charge in [-0.1, -0.05) is 13.8 Å². The number of likely N-dealkylation sites (N-methyl/N-ethyl adjacent to an activating group) is 1. The van der Waals surface area contributed by atoms with Crippen molar-refractivity contribution in [3.63, 3.8) is 0 Å². The monoisotopic (exact) mass is 288 g/mol. The number of hydrogen-bond donors (Lipinski definition) is 3. The SMILES string of the molecule is CCNCc1cc(S(=O)(=O)NCCN(C)CC)c[nH]1. The maximum atomic E-state index is 12.0. The number of aromatic nitrogens is 1. The Morgan fingerprint density at radius 2 is 2.11 bits per heavy atom. The van der Waals surface area contributed by atoms with Crippen molar-refractivity contribution in [1.82, 2.24) is 19.9 Å². The van der Waals surface area contributed by atoms with Crippen LogP contribution in [0.15, 0.2) is 17.2 Å². The largest absolute Gasteiger partial charge is 0.363 e. The van der Waals surface area contributed by atoms with Crippen LogP contribution in [0.5, 0.6) is 0 Å². The third-order valence-electron chi connectivity index (χ3n) is 2.92. The Labute approximate surface area is 115 Å². The molecule has 0 aliphatic heterocycles. The fraction of sp³-hybridized carbons (Fsp3) is 0.667. The van der Waals surface area contributed by atoms with Crippen molar-refractivity contribution >= 4 is 10.0 Å². The van der Waals surface area contributed by atoms with Crippen LogP contribution < -0.4 is 10.0 Å². The van der Waals surface area contributed by atoms with Crippen molar-refractivity contribution in [2.45, 2.75) is 25.3 Å². The van der Waals surface area contributed by atoms with Gasteiger partial charge in [-0.3, -0.25) is 0 Å². The van der Waals surface area contributed by atoms with Crippen LogP contribution in [0.3, 0.4) is 0 Å². The van der Waals surface area contributed by atoms with E-state index >= 15 is 0 Å². The molecule has 1 aromatic heterocycles. The second kappa shape index (κ2) is 7.64. The van der Waals surface area contributed by atoms with E-state index in [-0.39, 0.29) is 0 Å². The lowest BCUT2D eigenvalue weighted by atomic mass is 10.4. The van der Waals surface area contributed by atoms with Crippen LogP contribution >= 0.6 is 0 Å². The van der Waals surface area contributed by atoms with Crippen molar-refractivity contribution in [2.75, 3.05) is 33.2 Å². The minimum atomic E-state index is -3.40. The zero-order valence-corrected chi connectivity index (χ0v) is 12.7. The summed E-state index contributed by atoms with van der Waals surface area (Å²) in [7, 11) is -1.45. The molecule has 0 aliphatic carbocycles. The van der Waals surface area contributed by atoms with Gasteiger partial charge in [-0.2, -0.15) is 0 Å². The molecule has 3 N–H and O–H groups in total. The predicted molar refractivity (Wildman–Crippen MR) is 76.5 cm³/mol. The highest BCUT2D eigenvalue weighted by molar-refractivity contribution is 7.89. The first-order valence-electron chi connectivity index (χ1n) is 6.55. The normalized spacial score (nSPS) is 12.2. The summed E-state index contributed by atoms with van der Waals surface area (Å²) >= 11 is 0. The molecule has 1 heterocycles. The third kappa shape index (κ3) is 5.32. The Kier molecular flexibility index (Phi) is 6.50. The summed E-state index contributed by atoms with van der Waals surface area (Å²) in [5, 5.41) is 3.14. The lowest BCUT2D eigenvalue weighted by Crippen LogP contribution is -2.32. The molecule has 1 rings (SSSR count). The summed E-state index contributed by atoms with van der Waals surface area (Å²) in [5.74, 6) is 0. The van der Waals surface area contributed by atoms with Gasteiger partial charge >= 0.3 is 0 Å². The molecule has 0 unspecified atom stereocenters. The number of aromatic amines is 1. The minimum absolute atomic E-state index is 0.291. The Morgan fingerprint density at radius 3 is 2.74 bits per heavy atom. The summed E-state index contributed by atoms with van der Waals surface area (Å²) in [5.41, 5.74) is 0.868. The number of rotatable bonds is 9. The molecule has 19 heavy (non-hydrogen) atoms. The molecule has 7 heteroatoms. The second-order valence-electron chi connectivity index (χ2n) is 4.43. The van der Waals surface area contributed by atoms with E-state index in [0.29, 0.717) is 24.5 Å². The van der Waals surface area contributed by atoms with E-state index in [9.17, 15) is 8.42 Å². The van der Waals surface area contributed by atoms with Gasteiger partial charge in [0.05, 0.1) is 4.90 Å². The van der Waals surface area contributed by atoms with Crippen LogP contribution in [0.4, 0.5) is 0 Å². The number of hydrogen-bond acceptors (Lipinski definition) is 4. The Hall–Kier alpha value is -0.890. The van der Waals surface area contributed by atoms with Crippen LogP contribution in [-0.2, 0) is 16.6 Å². The van der Waals surface area contributed by atoms with Gasteiger partial charge in [-0.05, 0) is 26.2 Å². The number of nitrogens with one attached hydrogen (secondary N) is 3. The van der Waals surface area contributed by atoms with Crippen molar-refractivity contribution in [2.24, 2.45) is 0 Å². The predicted octanol–water partition coefficient (Wildman–Crippen LogP) is 0.354. The Balaban J connectivity index is 2.54. The first-order valence-corrected chi connectivity index (χ1v) is 8.04. The third-order valence-corrected chi connectivity index (χ3v) is 4.36. The molecule has 0 saturated heterocycles. The summed E-state index contributed by atoms with van der Waals surface area (Å²) in [6.45, 7) is 7.55. The first-order chi connectivity index (χ1) is 8.99. The van der Waals surface area contributed by atoms with Crippen molar-refractivity contribution in [3.05, 3.63) is 18.0 Å². The average Bonchev–Trinajstić information content (AvgIpc) is 2.85. The van der Waals surface area contributed by atoms with Gasteiger partial charge in [0.1, 0.15) is 0 Å². The van der Waals surface area contributed by atoms with Crippen LogP contribution in [0, 0.1) is 0 Å². The smallest absolute Gasteiger partial charge is 0.242 e. The van der Waals surface area contributed by atoms with Gasteiger partial charge in [0.25, 0.3) is 0 Å². The summed E-state index contributed by atoms with van der Waals surface area (Å²) in [6, 6.07) is 1.66. The van der Waals surface area contributed by atoms with Gasteiger partial charge in [-0.25, -0.2) is 13.1 Å². The van der Waals surface area contributed by atoms with Crippen LogP contribution in [0.2, 0.25) is 0 Å². The molecular weight excluding hydrogens is 264 g/mol. The van der Waals surface area contributed by atoms with Gasteiger partial charge in [0, 0.05) is 31.5 Å². The minimum Gasteiger partial charge on any atom is -0.363 e. The number of nitrogens with zero attached hydrogens (tertiary/aromatic N) is 1. The molecule has 0 aromatic carbocycles. The summed E-state index contributed by atoms with van der Waals surface area (Å²) in [4.78, 5) is 5.31. The van der Waals surface area contributed by atoms with Crippen molar-refractivity contribution in [3.8, 4) is 0 Å². The molecule has 0 spiro atoms. The highest BCUT2D eigenvalue weighted by atomic mass is 32.2. The van der Waals surface area contributed by atoms with E-state index in [2.05, 4.69) is 19.9 Å². The van der Waals surface area contributed by atoms with E-state index in [1.807, 2.05) is 20.9 Å². The Bertz CT molecular complexity index is 470. The molecule has 0 amide bonds. The molecule has 1 aromatic rings. The van der Waals surface area contributed by atoms with Crippen LogP contribution in [-0.4, -0.2) is 51.5 Å². The zero-order chi connectivity index (χ0) is 14.3. The molecule has 0 fully saturated rings. The first kappa shape index (κ1) is 16.2. The van der Waals surface area contributed by atoms with Crippen molar-refractivity contribution in [1.29, 1.82) is 0 Å². The van der Waals surface area contributed by atoms with E-state index in [0.717, 1.165) is 18.8 Å². The van der Waals surface area contributed by atoms with E-state index in [1.165, 1.54) is 6.20 Å². The highest BCUT2D eigenvalue weighted by Gasteiger charge is 2.15. The van der Waals surface area contributed by atoms with Crippen molar-refractivity contribution < 1.29 is 8.42 Å². The van der Waals surface area contributed by atoms with Gasteiger partial charge < -0.3 is 15.2 Å². The van der Waals surface area contributed by atoms with E-state index < -0.39 is 10.0 Å². The standard InChI is InChI=1S/C12H24N4O2S/c1-4-13-9-11-8-12(10-14-11)19(17,18)15-6-7-16(3)5-2/h8,10,13-15H,4-7,9H2,1-3H3. The molecule has 0 radical (unpaired) electrons. The maximum absolute atomic E-state index is 12.0. The van der Waals surface area contributed by atoms with E-state index in [1.54, 1.807) is 6.07 Å². The van der Waals surface area contributed by atoms with Crippen LogP contribution in [0.25, 0.3) is 0 Å². The summed E-state index contributed by atoms with van der Waals surface area (Å²) < 4.78 is 26.6. The highest BCUT2D eigenvalue weighted by Crippen LogP contribution is 2.10. The quantitative estimate of drug-likeness (QED) is 0.613.